The van der Waals surface area contributed by atoms with Gasteiger partial charge in [-0.3, -0.25) is 0 Å². The van der Waals surface area contributed by atoms with E-state index in [1.54, 1.807) is 30.4 Å². The van der Waals surface area contributed by atoms with Crippen molar-refractivity contribution >= 4 is 5.69 Å². The lowest BCUT2D eigenvalue weighted by Gasteiger charge is -2.32. The lowest BCUT2D eigenvalue weighted by atomic mass is 9.82. The molecule has 0 saturated carbocycles. The summed E-state index contributed by atoms with van der Waals surface area (Å²) in [5.74, 6) is 0. The van der Waals surface area contributed by atoms with E-state index in [4.69, 9.17) is 11.5 Å². The lowest BCUT2D eigenvalue weighted by Crippen LogP contribution is -2.46. The minimum Gasteiger partial charge on any atom is -0.399 e. The number of benzene rings is 1. The summed E-state index contributed by atoms with van der Waals surface area (Å²) in [5, 5.41) is 9.86. The Morgan fingerprint density at radius 2 is 1.80 bits per heavy atom. The first-order valence-electron chi connectivity index (χ1n) is 4.82. The number of anilines is 1. The molecule has 0 radical (unpaired) electrons. The van der Waals surface area contributed by atoms with Crippen LogP contribution in [0, 0.1) is 0 Å². The van der Waals surface area contributed by atoms with Crippen LogP contribution >= 0.6 is 0 Å². The maximum absolute atomic E-state index is 9.86. The summed E-state index contributed by atoms with van der Waals surface area (Å²) >= 11 is 0. The number of allylic oxidation sites excluding steroid dienone is 2. The van der Waals surface area contributed by atoms with Gasteiger partial charge in [0.2, 0.25) is 0 Å². The molecule has 2 unspecified atom stereocenters. The number of rotatable bonds is 1. The molecule has 2 atom stereocenters. The molecule has 1 aliphatic rings. The molecule has 5 N–H and O–H groups in total. The van der Waals surface area contributed by atoms with Crippen molar-refractivity contribution < 1.29 is 5.11 Å². The summed E-state index contributed by atoms with van der Waals surface area (Å²) in [6.45, 7) is 0. The van der Waals surface area contributed by atoms with Gasteiger partial charge in [0.15, 0.2) is 0 Å². The maximum Gasteiger partial charge on any atom is 0.0981 e. The van der Waals surface area contributed by atoms with Gasteiger partial charge in [-0.15, -0.1) is 0 Å². The van der Waals surface area contributed by atoms with Gasteiger partial charge in [-0.05, 0) is 17.7 Å². The van der Waals surface area contributed by atoms with Crippen LogP contribution < -0.4 is 11.5 Å². The summed E-state index contributed by atoms with van der Waals surface area (Å²) in [6, 6.07) is 7.23. The van der Waals surface area contributed by atoms with Gasteiger partial charge in [0.25, 0.3) is 0 Å². The molecule has 78 valence electrons. The molecule has 0 spiro atoms. The average Bonchev–Trinajstić information content (AvgIpc) is 2.23. The standard InChI is InChI=1S/C12H14N2O/c13-10-6-4-9(5-7-10)12(14)8-2-1-3-11(12)15/h1-8,11,15H,13-14H2. The molecule has 1 aromatic carbocycles. The number of hydrogen-bond donors (Lipinski definition) is 3. The van der Waals surface area contributed by atoms with Crippen LogP contribution in [0.3, 0.4) is 0 Å². The van der Waals surface area contributed by atoms with E-state index in [-0.39, 0.29) is 0 Å². The van der Waals surface area contributed by atoms with Crippen LogP contribution in [0.4, 0.5) is 5.69 Å². The topological polar surface area (TPSA) is 72.3 Å². The van der Waals surface area contributed by atoms with E-state index in [0.717, 1.165) is 5.56 Å². The maximum atomic E-state index is 9.86. The van der Waals surface area contributed by atoms with E-state index in [1.807, 2.05) is 18.2 Å². The highest BCUT2D eigenvalue weighted by Gasteiger charge is 2.32. The number of nitrogen functional groups attached to an aromatic ring is 1. The van der Waals surface area contributed by atoms with Gasteiger partial charge in [-0.2, -0.15) is 0 Å². The van der Waals surface area contributed by atoms with Crippen molar-refractivity contribution in [3.63, 3.8) is 0 Å². The molecule has 1 aliphatic carbocycles. The number of aliphatic hydroxyl groups excluding tert-OH is 1. The zero-order valence-corrected chi connectivity index (χ0v) is 8.30. The third-order valence-corrected chi connectivity index (χ3v) is 2.68. The quantitative estimate of drug-likeness (QED) is 0.593. The van der Waals surface area contributed by atoms with Crippen LogP contribution in [0.5, 0.6) is 0 Å². The molecule has 1 aromatic rings. The smallest absolute Gasteiger partial charge is 0.0981 e. The SMILES string of the molecule is Nc1ccc(C2(N)C=CC=CC2O)cc1. The molecule has 0 amide bonds. The van der Waals surface area contributed by atoms with Crippen molar-refractivity contribution in [2.45, 2.75) is 11.6 Å². The average molecular weight is 202 g/mol. The zero-order valence-electron chi connectivity index (χ0n) is 8.30. The molecule has 3 heteroatoms. The van der Waals surface area contributed by atoms with Gasteiger partial charge in [-0.25, -0.2) is 0 Å². The molecule has 0 heterocycles. The Labute approximate surface area is 88.7 Å². The van der Waals surface area contributed by atoms with Crippen molar-refractivity contribution in [3.8, 4) is 0 Å². The molecular weight excluding hydrogens is 188 g/mol. The largest absolute Gasteiger partial charge is 0.399 e. The fourth-order valence-electron chi connectivity index (χ4n) is 1.68. The van der Waals surface area contributed by atoms with Crippen LogP contribution in [0.15, 0.2) is 48.6 Å². The monoisotopic (exact) mass is 202 g/mol. The third-order valence-electron chi connectivity index (χ3n) is 2.68. The predicted molar refractivity (Wildman–Crippen MR) is 61.0 cm³/mol. The second-order valence-corrected chi connectivity index (χ2v) is 3.74. The third kappa shape index (κ3) is 1.67. The van der Waals surface area contributed by atoms with E-state index in [0.29, 0.717) is 5.69 Å². The van der Waals surface area contributed by atoms with Gasteiger partial charge in [0, 0.05) is 5.69 Å². The lowest BCUT2D eigenvalue weighted by molar-refractivity contribution is 0.152. The van der Waals surface area contributed by atoms with E-state index in [1.165, 1.54) is 0 Å². The minimum absolute atomic E-state index is 0.687. The van der Waals surface area contributed by atoms with Crippen molar-refractivity contribution in [3.05, 3.63) is 54.1 Å². The molecule has 0 saturated heterocycles. The van der Waals surface area contributed by atoms with Crippen molar-refractivity contribution in [2.75, 3.05) is 5.73 Å². The fraction of sp³-hybridized carbons (Fsp3) is 0.167. The summed E-state index contributed by atoms with van der Waals surface area (Å²) in [7, 11) is 0. The van der Waals surface area contributed by atoms with Crippen molar-refractivity contribution in [1.29, 1.82) is 0 Å². The molecule has 15 heavy (non-hydrogen) atoms. The highest BCUT2D eigenvalue weighted by molar-refractivity contribution is 5.44. The van der Waals surface area contributed by atoms with Crippen LogP contribution in [0.2, 0.25) is 0 Å². The Bertz CT molecular complexity index is 408. The molecule has 2 rings (SSSR count). The Morgan fingerprint density at radius 3 is 2.40 bits per heavy atom. The van der Waals surface area contributed by atoms with E-state index < -0.39 is 11.6 Å². The van der Waals surface area contributed by atoms with Crippen LogP contribution in [-0.2, 0) is 5.54 Å². The highest BCUT2D eigenvalue weighted by Crippen LogP contribution is 2.27. The normalized spacial score (nSPS) is 29.3. The van der Waals surface area contributed by atoms with E-state index in [9.17, 15) is 5.11 Å². The second-order valence-electron chi connectivity index (χ2n) is 3.74. The van der Waals surface area contributed by atoms with Gasteiger partial charge < -0.3 is 16.6 Å². The summed E-state index contributed by atoms with van der Waals surface area (Å²) in [5.41, 5.74) is 12.4. The summed E-state index contributed by atoms with van der Waals surface area (Å²) in [6.07, 6.45) is 6.39. The van der Waals surface area contributed by atoms with E-state index >= 15 is 0 Å². The molecule has 0 bridgehead atoms. The Kier molecular flexibility index (Phi) is 2.34. The van der Waals surface area contributed by atoms with Crippen LogP contribution in [-0.4, -0.2) is 11.2 Å². The van der Waals surface area contributed by atoms with Crippen molar-refractivity contribution in [2.24, 2.45) is 5.73 Å². The predicted octanol–water partition coefficient (Wildman–Crippen LogP) is 0.910. The van der Waals surface area contributed by atoms with Gasteiger partial charge in [0.05, 0.1) is 11.6 Å². The Balaban J connectivity index is 2.41. The number of aliphatic hydroxyl groups is 1. The van der Waals surface area contributed by atoms with Gasteiger partial charge in [-0.1, -0.05) is 36.4 Å². The summed E-state index contributed by atoms with van der Waals surface area (Å²) < 4.78 is 0. The fourth-order valence-corrected chi connectivity index (χ4v) is 1.68. The van der Waals surface area contributed by atoms with E-state index in [2.05, 4.69) is 0 Å². The first kappa shape index (κ1) is 9.96. The van der Waals surface area contributed by atoms with Crippen molar-refractivity contribution in [1.82, 2.24) is 0 Å². The molecule has 0 aliphatic heterocycles. The minimum atomic E-state index is -0.845. The Hall–Kier alpha value is -1.58. The number of hydrogen-bond acceptors (Lipinski definition) is 3. The first-order valence-corrected chi connectivity index (χ1v) is 4.82. The highest BCUT2D eigenvalue weighted by atomic mass is 16.3. The first-order chi connectivity index (χ1) is 7.13. The molecule has 0 aromatic heterocycles. The molecular formula is C12H14N2O. The second kappa shape index (κ2) is 3.53. The number of nitrogens with two attached hydrogens (primary N) is 2. The van der Waals surface area contributed by atoms with Gasteiger partial charge in [0.1, 0.15) is 0 Å². The van der Waals surface area contributed by atoms with Crippen LogP contribution in [0.25, 0.3) is 0 Å². The summed E-state index contributed by atoms with van der Waals surface area (Å²) in [4.78, 5) is 0. The zero-order chi connectivity index (χ0) is 10.9. The Morgan fingerprint density at radius 1 is 1.13 bits per heavy atom. The molecule has 3 nitrogen and oxygen atoms in total. The van der Waals surface area contributed by atoms with Crippen LogP contribution in [0.1, 0.15) is 5.56 Å². The van der Waals surface area contributed by atoms with Gasteiger partial charge >= 0.3 is 0 Å². The molecule has 0 fully saturated rings.